The minimum absolute atomic E-state index is 0.219. The lowest BCUT2D eigenvalue weighted by molar-refractivity contribution is -0.140. The minimum Gasteiger partial charge on any atom is -0.378 e. The van der Waals surface area contributed by atoms with Crippen molar-refractivity contribution in [2.75, 3.05) is 27.2 Å². The molecular weight excluding hydrogens is 216 g/mol. The van der Waals surface area contributed by atoms with Gasteiger partial charge in [0.25, 0.3) is 0 Å². The van der Waals surface area contributed by atoms with Crippen LogP contribution in [0.15, 0.2) is 0 Å². The van der Waals surface area contributed by atoms with Crippen LogP contribution in [-0.4, -0.2) is 49.7 Å². The smallest absolute Gasteiger partial charge is 0.225 e. The van der Waals surface area contributed by atoms with E-state index in [-0.39, 0.29) is 11.5 Å². The summed E-state index contributed by atoms with van der Waals surface area (Å²) >= 11 is 0. The first-order chi connectivity index (χ1) is 8.00. The largest absolute Gasteiger partial charge is 0.378 e. The number of carbonyl (C=O) groups is 1. The molecule has 1 rings (SSSR count). The fourth-order valence-corrected chi connectivity index (χ4v) is 2.31. The maximum absolute atomic E-state index is 12.3. The van der Waals surface area contributed by atoms with Gasteiger partial charge in [-0.25, -0.2) is 0 Å². The van der Waals surface area contributed by atoms with Crippen molar-refractivity contribution >= 4 is 5.91 Å². The van der Waals surface area contributed by atoms with E-state index < -0.39 is 0 Å². The van der Waals surface area contributed by atoms with Gasteiger partial charge in [-0.1, -0.05) is 0 Å². The number of nitrogens with zero attached hydrogens (tertiary/aromatic N) is 1. The van der Waals surface area contributed by atoms with Crippen LogP contribution < -0.4 is 5.32 Å². The van der Waals surface area contributed by atoms with Crippen LogP contribution in [0.3, 0.4) is 0 Å². The summed E-state index contributed by atoms with van der Waals surface area (Å²) in [7, 11) is 3.60. The van der Waals surface area contributed by atoms with Gasteiger partial charge >= 0.3 is 0 Å². The maximum atomic E-state index is 12.3. The Kier molecular flexibility index (Phi) is 5.40. The van der Waals surface area contributed by atoms with Gasteiger partial charge in [-0.05, 0) is 40.2 Å². The summed E-state index contributed by atoms with van der Waals surface area (Å²) in [6.07, 6.45) is 3.92. The Bertz CT molecular complexity index is 252. The van der Waals surface area contributed by atoms with Gasteiger partial charge in [0.2, 0.25) is 5.91 Å². The first kappa shape index (κ1) is 14.5. The van der Waals surface area contributed by atoms with Crippen molar-refractivity contribution in [2.24, 2.45) is 0 Å². The second kappa shape index (κ2) is 6.36. The lowest BCUT2D eigenvalue weighted by Crippen LogP contribution is -2.49. The Balaban J connectivity index is 2.58. The maximum Gasteiger partial charge on any atom is 0.225 e. The normalized spacial score (nSPS) is 21.6. The van der Waals surface area contributed by atoms with Gasteiger partial charge in [-0.2, -0.15) is 0 Å². The average Bonchev–Trinajstić information content (AvgIpc) is 2.29. The van der Waals surface area contributed by atoms with Crippen LogP contribution >= 0.6 is 0 Å². The molecule has 1 saturated heterocycles. The Hall–Kier alpha value is -0.610. The second-order valence-electron chi connectivity index (χ2n) is 5.44. The first-order valence-corrected chi connectivity index (χ1v) is 6.49. The molecule has 0 aliphatic carbocycles. The Morgan fingerprint density at radius 3 is 2.76 bits per heavy atom. The third-order valence-corrected chi connectivity index (χ3v) is 3.52. The molecule has 4 heteroatoms. The number of amides is 1. The summed E-state index contributed by atoms with van der Waals surface area (Å²) in [5.41, 5.74) is -0.362. The fraction of sp³-hybridized carbons (Fsp3) is 0.923. The predicted octanol–water partition coefficient (Wildman–Crippen LogP) is 1.40. The zero-order chi connectivity index (χ0) is 12.9. The van der Waals surface area contributed by atoms with E-state index in [9.17, 15) is 4.79 Å². The van der Waals surface area contributed by atoms with Crippen molar-refractivity contribution < 1.29 is 9.53 Å². The van der Waals surface area contributed by atoms with Gasteiger partial charge in [0.05, 0.1) is 12.0 Å². The Morgan fingerprint density at radius 2 is 2.18 bits per heavy atom. The summed E-state index contributed by atoms with van der Waals surface area (Å²) in [6, 6.07) is 0.355. The number of hydrogen-bond donors (Lipinski definition) is 1. The van der Waals surface area contributed by atoms with Crippen molar-refractivity contribution in [3.05, 3.63) is 0 Å². The van der Waals surface area contributed by atoms with Crippen molar-refractivity contribution in [3.8, 4) is 0 Å². The molecule has 0 aromatic carbocycles. The minimum atomic E-state index is -0.362. The summed E-state index contributed by atoms with van der Waals surface area (Å²) in [5, 5.41) is 3.17. The Labute approximate surface area is 105 Å². The van der Waals surface area contributed by atoms with E-state index in [0.717, 1.165) is 25.9 Å². The highest BCUT2D eigenvalue weighted by Gasteiger charge is 2.30. The molecule has 0 aromatic rings. The molecule has 0 saturated carbocycles. The van der Waals surface area contributed by atoms with E-state index in [1.54, 1.807) is 7.11 Å². The summed E-state index contributed by atoms with van der Waals surface area (Å²) in [4.78, 5) is 14.3. The van der Waals surface area contributed by atoms with Gasteiger partial charge in [-0.15, -0.1) is 0 Å². The van der Waals surface area contributed by atoms with Crippen LogP contribution in [0.5, 0.6) is 0 Å². The zero-order valence-corrected chi connectivity index (χ0v) is 11.6. The molecule has 4 nitrogen and oxygen atoms in total. The number of carbonyl (C=O) groups excluding carboxylic acids is 1. The first-order valence-electron chi connectivity index (χ1n) is 6.49. The van der Waals surface area contributed by atoms with Crippen LogP contribution in [0.25, 0.3) is 0 Å². The van der Waals surface area contributed by atoms with Crippen molar-refractivity contribution in [3.63, 3.8) is 0 Å². The molecule has 0 radical (unpaired) electrons. The van der Waals surface area contributed by atoms with Crippen molar-refractivity contribution in [2.45, 2.75) is 51.2 Å². The molecule has 100 valence electrons. The van der Waals surface area contributed by atoms with Crippen LogP contribution in [0.2, 0.25) is 0 Å². The predicted molar refractivity (Wildman–Crippen MR) is 69.0 cm³/mol. The molecule has 1 atom stereocenters. The highest BCUT2D eigenvalue weighted by molar-refractivity contribution is 5.77. The summed E-state index contributed by atoms with van der Waals surface area (Å²) in [5.74, 6) is 0.219. The molecule has 1 N–H and O–H groups in total. The topological polar surface area (TPSA) is 41.6 Å². The summed E-state index contributed by atoms with van der Waals surface area (Å²) < 4.78 is 5.33. The molecule has 1 amide bonds. The lowest BCUT2D eigenvalue weighted by Gasteiger charge is -2.37. The number of piperidine rings is 1. The third kappa shape index (κ3) is 4.28. The lowest BCUT2D eigenvalue weighted by atomic mass is 9.98. The monoisotopic (exact) mass is 242 g/mol. The van der Waals surface area contributed by atoms with Crippen LogP contribution in [0, 0.1) is 0 Å². The van der Waals surface area contributed by atoms with Gasteiger partial charge in [0.15, 0.2) is 0 Å². The number of hydrogen-bond acceptors (Lipinski definition) is 3. The van der Waals surface area contributed by atoms with E-state index in [0.29, 0.717) is 12.5 Å². The van der Waals surface area contributed by atoms with Crippen molar-refractivity contribution in [1.29, 1.82) is 0 Å². The molecule has 1 aliphatic rings. The number of methoxy groups -OCH3 is 1. The average molecular weight is 242 g/mol. The van der Waals surface area contributed by atoms with Gasteiger partial charge in [-0.3, -0.25) is 4.79 Å². The van der Waals surface area contributed by atoms with E-state index in [2.05, 4.69) is 5.32 Å². The Morgan fingerprint density at radius 1 is 1.47 bits per heavy atom. The fourth-order valence-electron chi connectivity index (χ4n) is 2.31. The van der Waals surface area contributed by atoms with E-state index in [1.165, 1.54) is 6.42 Å². The molecule has 1 heterocycles. The zero-order valence-electron chi connectivity index (χ0n) is 11.6. The molecule has 1 aliphatic heterocycles. The standard InChI is InChI=1S/C13H26N2O2/c1-13(2,17-4)9-12(16)15-8-6-5-7-11(15)10-14-3/h11,14H,5-10H2,1-4H3. The van der Waals surface area contributed by atoms with Crippen LogP contribution in [-0.2, 0) is 9.53 Å². The summed E-state index contributed by atoms with van der Waals surface area (Å²) in [6.45, 7) is 5.70. The van der Waals surface area contributed by atoms with Crippen LogP contribution in [0.1, 0.15) is 39.5 Å². The van der Waals surface area contributed by atoms with E-state index >= 15 is 0 Å². The second-order valence-corrected chi connectivity index (χ2v) is 5.44. The van der Waals surface area contributed by atoms with E-state index in [1.807, 2.05) is 25.8 Å². The quantitative estimate of drug-likeness (QED) is 0.792. The number of rotatable bonds is 5. The third-order valence-electron chi connectivity index (χ3n) is 3.52. The van der Waals surface area contributed by atoms with Crippen molar-refractivity contribution in [1.82, 2.24) is 10.2 Å². The molecule has 1 fully saturated rings. The molecule has 0 aromatic heterocycles. The van der Waals surface area contributed by atoms with Crippen LogP contribution in [0.4, 0.5) is 0 Å². The van der Waals surface area contributed by atoms with Gasteiger partial charge in [0, 0.05) is 26.2 Å². The van der Waals surface area contributed by atoms with Gasteiger partial charge in [0.1, 0.15) is 0 Å². The number of likely N-dealkylation sites (N-methyl/N-ethyl adjacent to an activating group) is 1. The highest BCUT2D eigenvalue weighted by atomic mass is 16.5. The number of nitrogens with one attached hydrogen (secondary N) is 1. The number of ether oxygens (including phenoxy) is 1. The van der Waals surface area contributed by atoms with Gasteiger partial charge < -0.3 is 15.0 Å². The molecule has 17 heavy (non-hydrogen) atoms. The molecular formula is C13H26N2O2. The highest BCUT2D eigenvalue weighted by Crippen LogP contribution is 2.21. The molecule has 0 bridgehead atoms. The number of likely N-dealkylation sites (tertiary alicyclic amines) is 1. The SMILES string of the molecule is CNCC1CCCCN1C(=O)CC(C)(C)OC. The molecule has 1 unspecified atom stereocenters. The van der Waals surface area contributed by atoms with E-state index in [4.69, 9.17) is 4.74 Å². The molecule has 0 spiro atoms.